The first-order valence-corrected chi connectivity index (χ1v) is 6.48. The molecule has 6 heteroatoms. The Morgan fingerprint density at radius 3 is 2.56 bits per heavy atom. The molecule has 100 valence electrons. The maximum absolute atomic E-state index is 12.3. The molecule has 1 aliphatic rings. The Morgan fingerprint density at radius 2 is 2.06 bits per heavy atom. The molecule has 0 radical (unpaired) electrons. The van der Waals surface area contributed by atoms with Crippen molar-refractivity contribution in [2.75, 3.05) is 13.1 Å². The lowest BCUT2D eigenvalue weighted by Crippen LogP contribution is -2.44. The van der Waals surface area contributed by atoms with Gasteiger partial charge in [-0.15, -0.1) is 0 Å². The Labute approximate surface area is 107 Å². The van der Waals surface area contributed by atoms with E-state index in [9.17, 15) is 4.79 Å². The molecule has 2 heterocycles. The first-order chi connectivity index (χ1) is 8.59. The second-order valence-corrected chi connectivity index (χ2v) is 5.07. The number of carbonyl (C=O) groups is 1. The monoisotopic (exact) mass is 251 g/mol. The standard InChI is InChI=1S/C12H21N5O/c1-9(13)11-3-5-16(6-4-11)12(18)10(2)17-8-14-7-15-17/h7-11H,3-6,13H2,1-2H3. The molecule has 18 heavy (non-hydrogen) atoms. The topological polar surface area (TPSA) is 77.0 Å². The molecule has 0 saturated carbocycles. The fraction of sp³-hybridized carbons (Fsp3) is 0.750. The van der Waals surface area contributed by atoms with E-state index in [0.717, 1.165) is 25.9 Å². The van der Waals surface area contributed by atoms with Gasteiger partial charge in [-0.1, -0.05) is 0 Å². The minimum absolute atomic E-state index is 0.114. The lowest BCUT2D eigenvalue weighted by molar-refractivity contribution is -0.136. The van der Waals surface area contributed by atoms with Crippen LogP contribution in [0.2, 0.25) is 0 Å². The summed E-state index contributed by atoms with van der Waals surface area (Å²) in [6, 6.07) is -0.0608. The van der Waals surface area contributed by atoms with Gasteiger partial charge >= 0.3 is 0 Å². The van der Waals surface area contributed by atoms with Crippen molar-refractivity contribution >= 4 is 5.91 Å². The number of nitrogens with zero attached hydrogens (tertiary/aromatic N) is 4. The van der Waals surface area contributed by atoms with E-state index in [1.807, 2.05) is 18.7 Å². The molecule has 0 bridgehead atoms. The van der Waals surface area contributed by atoms with Crippen molar-refractivity contribution in [2.45, 2.75) is 38.8 Å². The van der Waals surface area contributed by atoms with E-state index in [1.165, 1.54) is 6.33 Å². The summed E-state index contributed by atoms with van der Waals surface area (Å²) in [6.45, 7) is 5.49. The summed E-state index contributed by atoms with van der Waals surface area (Å²) < 4.78 is 1.60. The van der Waals surface area contributed by atoms with Crippen LogP contribution in [0.25, 0.3) is 0 Å². The van der Waals surface area contributed by atoms with Crippen LogP contribution in [0.15, 0.2) is 12.7 Å². The Morgan fingerprint density at radius 1 is 1.39 bits per heavy atom. The Bertz CT molecular complexity index is 381. The summed E-state index contributed by atoms with van der Waals surface area (Å²) in [5, 5.41) is 4.01. The van der Waals surface area contributed by atoms with Crippen LogP contribution in [-0.4, -0.2) is 44.7 Å². The van der Waals surface area contributed by atoms with Gasteiger partial charge in [0.1, 0.15) is 18.7 Å². The molecule has 1 aromatic heterocycles. The van der Waals surface area contributed by atoms with Crippen molar-refractivity contribution in [3.8, 4) is 0 Å². The third-order valence-corrected chi connectivity index (χ3v) is 3.79. The first-order valence-electron chi connectivity index (χ1n) is 6.48. The Balaban J connectivity index is 1.91. The largest absolute Gasteiger partial charge is 0.341 e. The number of carbonyl (C=O) groups excluding carboxylic acids is 1. The molecule has 2 rings (SSSR count). The fourth-order valence-corrected chi connectivity index (χ4v) is 2.44. The molecule has 2 atom stereocenters. The molecule has 0 aromatic carbocycles. The average Bonchev–Trinajstić information content (AvgIpc) is 2.91. The van der Waals surface area contributed by atoms with E-state index >= 15 is 0 Å². The summed E-state index contributed by atoms with van der Waals surface area (Å²) >= 11 is 0. The maximum atomic E-state index is 12.3. The summed E-state index contributed by atoms with van der Waals surface area (Å²) in [6.07, 6.45) is 5.02. The van der Waals surface area contributed by atoms with Crippen LogP contribution < -0.4 is 5.73 Å². The van der Waals surface area contributed by atoms with Crippen LogP contribution in [0.1, 0.15) is 32.7 Å². The summed E-state index contributed by atoms with van der Waals surface area (Å²) in [5.74, 6) is 0.652. The number of likely N-dealkylation sites (tertiary alicyclic amines) is 1. The highest BCUT2D eigenvalue weighted by atomic mass is 16.2. The molecule has 2 unspecified atom stereocenters. The number of amides is 1. The molecule has 0 aliphatic carbocycles. The van der Waals surface area contributed by atoms with Crippen molar-refractivity contribution in [1.29, 1.82) is 0 Å². The van der Waals surface area contributed by atoms with Crippen molar-refractivity contribution in [3.05, 3.63) is 12.7 Å². The van der Waals surface area contributed by atoms with Crippen LogP contribution >= 0.6 is 0 Å². The smallest absolute Gasteiger partial charge is 0.247 e. The zero-order valence-corrected chi connectivity index (χ0v) is 11.0. The Hall–Kier alpha value is -1.43. The SMILES string of the molecule is CC(N)C1CCN(C(=O)C(C)n2cncn2)CC1. The number of piperidine rings is 1. The predicted octanol–water partition coefficient (Wildman–Crippen LogP) is 0.425. The zero-order chi connectivity index (χ0) is 13.1. The second-order valence-electron chi connectivity index (χ2n) is 5.07. The molecular formula is C12H21N5O. The predicted molar refractivity (Wildman–Crippen MR) is 67.7 cm³/mol. The van der Waals surface area contributed by atoms with Crippen molar-refractivity contribution in [2.24, 2.45) is 11.7 Å². The molecule has 1 aromatic rings. The molecule has 1 aliphatic heterocycles. The van der Waals surface area contributed by atoms with Gasteiger partial charge in [0.05, 0.1) is 0 Å². The number of rotatable bonds is 3. The fourth-order valence-electron chi connectivity index (χ4n) is 2.44. The van der Waals surface area contributed by atoms with Gasteiger partial charge in [-0.25, -0.2) is 9.67 Å². The van der Waals surface area contributed by atoms with Gasteiger partial charge in [0.15, 0.2) is 0 Å². The van der Waals surface area contributed by atoms with Gasteiger partial charge in [0.2, 0.25) is 5.91 Å². The highest BCUT2D eigenvalue weighted by Gasteiger charge is 2.28. The summed E-state index contributed by atoms with van der Waals surface area (Å²) in [4.78, 5) is 18.1. The normalized spacial score (nSPS) is 20.7. The minimum atomic E-state index is -0.278. The number of nitrogens with two attached hydrogens (primary N) is 1. The lowest BCUT2D eigenvalue weighted by Gasteiger charge is -2.35. The van der Waals surface area contributed by atoms with E-state index in [2.05, 4.69) is 10.1 Å². The molecule has 6 nitrogen and oxygen atoms in total. The molecular weight excluding hydrogens is 230 g/mol. The zero-order valence-electron chi connectivity index (χ0n) is 11.0. The third-order valence-electron chi connectivity index (χ3n) is 3.79. The molecule has 1 saturated heterocycles. The minimum Gasteiger partial charge on any atom is -0.341 e. The number of hydrogen-bond donors (Lipinski definition) is 1. The Kier molecular flexibility index (Phi) is 3.96. The van der Waals surface area contributed by atoms with Gasteiger partial charge in [0, 0.05) is 19.1 Å². The highest BCUT2D eigenvalue weighted by Crippen LogP contribution is 2.21. The van der Waals surface area contributed by atoms with Gasteiger partial charge in [-0.2, -0.15) is 5.10 Å². The first kappa shape index (κ1) is 13.0. The number of hydrogen-bond acceptors (Lipinski definition) is 4. The third kappa shape index (κ3) is 2.69. The van der Waals surface area contributed by atoms with E-state index in [4.69, 9.17) is 5.73 Å². The van der Waals surface area contributed by atoms with Gasteiger partial charge in [-0.05, 0) is 32.6 Å². The van der Waals surface area contributed by atoms with Crippen LogP contribution in [-0.2, 0) is 4.79 Å². The summed E-state index contributed by atoms with van der Waals surface area (Å²) in [5.41, 5.74) is 5.90. The molecule has 0 spiro atoms. The van der Waals surface area contributed by atoms with E-state index in [1.54, 1.807) is 11.0 Å². The number of aromatic nitrogens is 3. The highest BCUT2D eigenvalue weighted by molar-refractivity contribution is 5.80. The maximum Gasteiger partial charge on any atom is 0.247 e. The molecule has 2 N–H and O–H groups in total. The lowest BCUT2D eigenvalue weighted by atomic mass is 9.91. The summed E-state index contributed by atoms with van der Waals surface area (Å²) in [7, 11) is 0. The molecule has 1 amide bonds. The van der Waals surface area contributed by atoms with Crippen LogP contribution in [0, 0.1) is 5.92 Å². The van der Waals surface area contributed by atoms with Crippen molar-refractivity contribution < 1.29 is 4.79 Å². The molecule has 1 fully saturated rings. The van der Waals surface area contributed by atoms with E-state index in [0.29, 0.717) is 5.92 Å². The average molecular weight is 251 g/mol. The van der Waals surface area contributed by atoms with Crippen molar-refractivity contribution in [1.82, 2.24) is 19.7 Å². The second kappa shape index (κ2) is 5.48. The van der Waals surface area contributed by atoms with Gasteiger partial charge in [0.25, 0.3) is 0 Å². The van der Waals surface area contributed by atoms with E-state index < -0.39 is 0 Å². The van der Waals surface area contributed by atoms with Gasteiger partial charge < -0.3 is 10.6 Å². The van der Waals surface area contributed by atoms with Crippen molar-refractivity contribution in [3.63, 3.8) is 0 Å². The van der Waals surface area contributed by atoms with E-state index in [-0.39, 0.29) is 18.0 Å². The van der Waals surface area contributed by atoms with Crippen LogP contribution in [0.4, 0.5) is 0 Å². The van der Waals surface area contributed by atoms with Gasteiger partial charge in [-0.3, -0.25) is 4.79 Å². The van der Waals surface area contributed by atoms with Crippen LogP contribution in [0.3, 0.4) is 0 Å². The quantitative estimate of drug-likeness (QED) is 0.845. The van der Waals surface area contributed by atoms with Crippen LogP contribution in [0.5, 0.6) is 0 Å².